The number of hydrogen-bond donors (Lipinski definition) is 3. The average Bonchev–Trinajstić information content (AvgIpc) is 2.66. The molecule has 0 amide bonds. The SMILES string of the molecule is CCc1ccc(N(CC(CO)CCl)Sc2ccc(N)c(C=N)c2)cc1. The predicted molar refractivity (Wildman–Crippen MR) is 109 cm³/mol. The van der Waals surface area contributed by atoms with E-state index in [0.717, 1.165) is 17.0 Å². The molecule has 0 aliphatic heterocycles. The highest BCUT2D eigenvalue weighted by molar-refractivity contribution is 8.00. The van der Waals surface area contributed by atoms with Crippen LogP contribution in [0.2, 0.25) is 0 Å². The minimum absolute atomic E-state index is 0.0176. The van der Waals surface area contributed by atoms with Gasteiger partial charge in [-0.15, -0.1) is 11.6 Å². The normalized spacial score (nSPS) is 12.0. The Labute approximate surface area is 158 Å². The summed E-state index contributed by atoms with van der Waals surface area (Å²) in [4.78, 5) is 0.985. The first kappa shape index (κ1) is 19.6. The minimum atomic E-state index is -0.0176. The average molecular weight is 378 g/mol. The van der Waals surface area contributed by atoms with E-state index in [1.807, 2.05) is 18.2 Å². The van der Waals surface area contributed by atoms with Crippen LogP contribution in [-0.2, 0) is 6.42 Å². The Kier molecular flexibility index (Phi) is 7.62. The third-order valence-electron chi connectivity index (χ3n) is 3.96. The lowest BCUT2D eigenvalue weighted by Crippen LogP contribution is -2.26. The lowest BCUT2D eigenvalue weighted by atomic mass is 10.1. The van der Waals surface area contributed by atoms with E-state index in [2.05, 4.69) is 35.5 Å². The van der Waals surface area contributed by atoms with E-state index in [4.69, 9.17) is 22.7 Å². The van der Waals surface area contributed by atoms with Gasteiger partial charge in [0.25, 0.3) is 0 Å². The molecule has 0 fully saturated rings. The van der Waals surface area contributed by atoms with E-state index in [-0.39, 0.29) is 12.5 Å². The monoisotopic (exact) mass is 377 g/mol. The van der Waals surface area contributed by atoms with Crippen molar-refractivity contribution in [3.05, 3.63) is 53.6 Å². The fraction of sp³-hybridized carbons (Fsp3) is 0.316. The van der Waals surface area contributed by atoms with E-state index in [0.29, 0.717) is 23.7 Å². The fourth-order valence-electron chi connectivity index (χ4n) is 2.35. The molecule has 0 aliphatic rings. The van der Waals surface area contributed by atoms with Crippen molar-refractivity contribution in [1.29, 1.82) is 5.41 Å². The molecule has 2 aromatic rings. The van der Waals surface area contributed by atoms with Crippen molar-refractivity contribution in [2.24, 2.45) is 5.92 Å². The van der Waals surface area contributed by atoms with Crippen LogP contribution in [0.25, 0.3) is 0 Å². The number of benzene rings is 2. The first-order valence-electron chi connectivity index (χ1n) is 8.22. The van der Waals surface area contributed by atoms with Gasteiger partial charge in [-0.2, -0.15) is 0 Å². The lowest BCUT2D eigenvalue weighted by molar-refractivity contribution is 0.244. The van der Waals surface area contributed by atoms with Gasteiger partial charge in [-0.1, -0.05) is 19.1 Å². The van der Waals surface area contributed by atoms with Gasteiger partial charge in [-0.05, 0) is 54.3 Å². The molecule has 2 aromatic carbocycles. The zero-order chi connectivity index (χ0) is 18.2. The van der Waals surface area contributed by atoms with Crippen LogP contribution in [0.3, 0.4) is 0 Å². The van der Waals surface area contributed by atoms with Crippen molar-refractivity contribution < 1.29 is 5.11 Å². The summed E-state index contributed by atoms with van der Waals surface area (Å²) in [6.07, 6.45) is 2.25. The number of aryl methyl sites for hydroxylation is 1. The number of aliphatic hydroxyl groups excluding tert-OH is 1. The summed E-state index contributed by atoms with van der Waals surface area (Å²) in [5, 5.41) is 17.0. The summed E-state index contributed by atoms with van der Waals surface area (Å²) >= 11 is 7.53. The Balaban J connectivity index is 2.28. The molecule has 0 radical (unpaired) electrons. The molecule has 0 heterocycles. The number of nitrogens with zero attached hydrogens (tertiary/aromatic N) is 1. The maximum Gasteiger partial charge on any atom is 0.0488 e. The number of nitrogens with one attached hydrogen (secondary N) is 1. The molecule has 0 saturated carbocycles. The third kappa shape index (κ3) is 5.39. The highest BCUT2D eigenvalue weighted by Gasteiger charge is 2.16. The number of halogens is 1. The van der Waals surface area contributed by atoms with Crippen LogP contribution in [0.15, 0.2) is 47.4 Å². The van der Waals surface area contributed by atoms with E-state index < -0.39 is 0 Å². The fourth-order valence-corrected chi connectivity index (χ4v) is 3.62. The first-order chi connectivity index (χ1) is 12.1. The van der Waals surface area contributed by atoms with Crippen LogP contribution >= 0.6 is 23.5 Å². The quantitative estimate of drug-likeness (QED) is 0.265. The maximum atomic E-state index is 9.52. The lowest BCUT2D eigenvalue weighted by Gasteiger charge is -2.27. The molecule has 2 rings (SSSR count). The maximum absolute atomic E-state index is 9.52. The van der Waals surface area contributed by atoms with Crippen molar-refractivity contribution in [2.45, 2.75) is 18.2 Å². The van der Waals surface area contributed by atoms with E-state index in [1.54, 1.807) is 11.9 Å². The van der Waals surface area contributed by atoms with Crippen molar-refractivity contribution in [2.75, 3.05) is 29.1 Å². The van der Waals surface area contributed by atoms with Crippen molar-refractivity contribution in [1.82, 2.24) is 0 Å². The van der Waals surface area contributed by atoms with Gasteiger partial charge in [0.1, 0.15) is 0 Å². The molecule has 25 heavy (non-hydrogen) atoms. The third-order valence-corrected chi connectivity index (χ3v) is 5.44. The predicted octanol–water partition coefficient (Wildman–Crippen LogP) is 4.19. The van der Waals surface area contributed by atoms with E-state index >= 15 is 0 Å². The topological polar surface area (TPSA) is 73.3 Å². The van der Waals surface area contributed by atoms with Gasteiger partial charge in [0, 0.05) is 53.0 Å². The second-order valence-electron chi connectivity index (χ2n) is 5.81. The number of nitrogens with two attached hydrogens (primary N) is 1. The van der Waals surface area contributed by atoms with Crippen LogP contribution in [0.4, 0.5) is 11.4 Å². The summed E-state index contributed by atoms with van der Waals surface area (Å²) < 4.78 is 2.13. The van der Waals surface area contributed by atoms with Crippen molar-refractivity contribution in [3.63, 3.8) is 0 Å². The zero-order valence-corrected chi connectivity index (χ0v) is 15.9. The van der Waals surface area contributed by atoms with Crippen LogP contribution in [0, 0.1) is 11.3 Å². The Morgan fingerprint density at radius 3 is 2.56 bits per heavy atom. The molecule has 0 saturated heterocycles. The van der Waals surface area contributed by atoms with E-state index in [9.17, 15) is 5.11 Å². The molecule has 1 atom stereocenters. The van der Waals surface area contributed by atoms with Crippen LogP contribution in [0.1, 0.15) is 18.1 Å². The summed E-state index contributed by atoms with van der Waals surface area (Å²) in [6.45, 7) is 2.80. The van der Waals surface area contributed by atoms with Gasteiger partial charge in [-0.25, -0.2) is 0 Å². The Hall–Kier alpha value is -1.69. The Bertz CT molecular complexity index is 690. The van der Waals surface area contributed by atoms with Crippen molar-refractivity contribution >= 4 is 41.1 Å². The molecule has 0 aromatic heterocycles. The van der Waals surface area contributed by atoms with Gasteiger partial charge >= 0.3 is 0 Å². The smallest absolute Gasteiger partial charge is 0.0488 e. The van der Waals surface area contributed by atoms with Gasteiger partial charge in [0.05, 0.1) is 0 Å². The van der Waals surface area contributed by atoms with E-state index in [1.165, 1.54) is 11.8 Å². The molecular formula is C19H24ClN3OS. The second kappa shape index (κ2) is 9.70. The molecule has 4 nitrogen and oxygen atoms in total. The zero-order valence-electron chi connectivity index (χ0n) is 14.3. The molecule has 4 N–H and O–H groups in total. The van der Waals surface area contributed by atoms with Gasteiger partial charge in [0.2, 0.25) is 0 Å². The standard InChI is InChI=1S/C19H24ClN3OS/c1-2-14-3-5-17(6-4-14)23(12-15(10-20)13-24)25-18-7-8-19(22)16(9-18)11-21/h3-9,11,15,21,24H,2,10,12-13,22H2,1H3. The number of aliphatic hydroxyl groups is 1. The largest absolute Gasteiger partial charge is 0.398 e. The highest BCUT2D eigenvalue weighted by Crippen LogP contribution is 2.31. The molecular weight excluding hydrogens is 354 g/mol. The number of alkyl halides is 1. The van der Waals surface area contributed by atoms with Gasteiger partial charge in [-0.3, -0.25) is 0 Å². The molecule has 134 valence electrons. The van der Waals surface area contributed by atoms with Crippen LogP contribution in [0.5, 0.6) is 0 Å². The van der Waals surface area contributed by atoms with Gasteiger partial charge in [0.15, 0.2) is 0 Å². The molecule has 0 spiro atoms. The van der Waals surface area contributed by atoms with Crippen molar-refractivity contribution in [3.8, 4) is 0 Å². The molecule has 0 bridgehead atoms. The van der Waals surface area contributed by atoms with Crippen LogP contribution in [-0.4, -0.2) is 30.4 Å². The number of anilines is 2. The summed E-state index contributed by atoms with van der Waals surface area (Å²) in [6, 6.07) is 14.1. The molecule has 0 aliphatic carbocycles. The van der Waals surface area contributed by atoms with Crippen LogP contribution < -0.4 is 10.0 Å². The minimum Gasteiger partial charge on any atom is -0.398 e. The number of nitrogen functional groups attached to an aromatic ring is 1. The summed E-state index contributed by atoms with van der Waals surface area (Å²) in [5.41, 5.74) is 9.50. The second-order valence-corrected chi connectivity index (χ2v) is 7.21. The Morgan fingerprint density at radius 2 is 2.00 bits per heavy atom. The molecule has 6 heteroatoms. The summed E-state index contributed by atoms with van der Waals surface area (Å²) in [7, 11) is 0. The summed E-state index contributed by atoms with van der Waals surface area (Å²) in [5.74, 6) is 0.379. The Morgan fingerprint density at radius 1 is 1.28 bits per heavy atom. The van der Waals surface area contributed by atoms with Gasteiger partial charge < -0.3 is 20.6 Å². The number of rotatable bonds is 9. The first-order valence-corrected chi connectivity index (χ1v) is 9.53. The highest BCUT2D eigenvalue weighted by atomic mass is 35.5. The molecule has 1 unspecified atom stereocenters. The number of hydrogen-bond acceptors (Lipinski definition) is 5.